The predicted molar refractivity (Wildman–Crippen MR) is 82.4 cm³/mol. The van der Waals surface area contributed by atoms with Gasteiger partial charge in [0.05, 0.1) is 11.4 Å². The first-order chi connectivity index (χ1) is 10.6. The van der Waals surface area contributed by atoms with Crippen LogP contribution in [0, 0.1) is 5.82 Å². The van der Waals surface area contributed by atoms with Gasteiger partial charge in [0.1, 0.15) is 5.82 Å². The normalized spacial score (nSPS) is 11.2. The lowest BCUT2D eigenvalue weighted by atomic mass is 10.1. The lowest BCUT2D eigenvalue weighted by Gasteiger charge is -1.98. The zero-order valence-corrected chi connectivity index (χ0v) is 11.9. The fourth-order valence-electron chi connectivity index (χ4n) is 1.92. The number of H-pyrrole nitrogens is 2. The topological polar surface area (TPSA) is 73.4 Å². The van der Waals surface area contributed by atoms with Gasteiger partial charge in [-0.05, 0) is 42.5 Å². The van der Waals surface area contributed by atoms with E-state index in [-0.39, 0.29) is 11.5 Å². The molecule has 0 amide bonds. The molecule has 5 nitrogen and oxygen atoms in total. The Hall–Kier alpha value is -2.73. The third-order valence-corrected chi connectivity index (χ3v) is 3.19. The van der Waals surface area contributed by atoms with Crippen LogP contribution in [0.15, 0.2) is 63.6 Å². The van der Waals surface area contributed by atoms with Crippen LogP contribution in [0.5, 0.6) is 0 Å². The first-order valence-corrected chi connectivity index (χ1v) is 6.75. The second kappa shape index (κ2) is 5.95. The van der Waals surface area contributed by atoms with Crippen molar-refractivity contribution in [3.8, 4) is 11.3 Å². The standard InChI is InChI=1S/C15H10ClFN4O/c16-10-2-1-3-12(8-10)18-20-14-13(19-21-15(14)22)9-4-6-11(17)7-5-9/h1-8H,(H2,19,21,22). The lowest BCUT2D eigenvalue weighted by molar-refractivity contribution is 0.628. The van der Waals surface area contributed by atoms with Gasteiger partial charge in [-0.2, -0.15) is 5.11 Å². The van der Waals surface area contributed by atoms with Crippen molar-refractivity contribution in [1.29, 1.82) is 0 Å². The summed E-state index contributed by atoms with van der Waals surface area (Å²) in [7, 11) is 0. The van der Waals surface area contributed by atoms with Crippen LogP contribution in [-0.4, -0.2) is 10.2 Å². The molecule has 7 heteroatoms. The van der Waals surface area contributed by atoms with Crippen molar-refractivity contribution < 1.29 is 4.39 Å². The van der Waals surface area contributed by atoms with E-state index >= 15 is 0 Å². The summed E-state index contributed by atoms with van der Waals surface area (Å²) >= 11 is 5.87. The van der Waals surface area contributed by atoms with E-state index in [0.29, 0.717) is 22.0 Å². The number of nitrogens with one attached hydrogen (secondary N) is 2. The van der Waals surface area contributed by atoms with Crippen LogP contribution < -0.4 is 5.56 Å². The zero-order valence-electron chi connectivity index (χ0n) is 11.2. The number of azo groups is 1. The molecule has 3 aromatic rings. The number of halogens is 2. The number of aromatic nitrogens is 2. The Morgan fingerprint density at radius 3 is 2.50 bits per heavy atom. The molecule has 0 fully saturated rings. The maximum absolute atomic E-state index is 13.0. The Kier molecular flexibility index (Phi) is 3.84. The highest BCUT2D eigenvalue weighted by molar-refractivity contribution is 6.30. The highest BCUT2D eigenvalue weighted by atomic mass is 35.5. The highest BCUT2D eigenvalue weighted by Gasteiger charge is 2.11. The molecule has 1 aromatic heterocycles. The van der Waals surface area contributed by atoms with Gasteiger partial charge in [0, 0.05) is 10.6 Å². The van der Waals surface area contributed by atoms with Gasteiger partial charge in [0.25, 0.3) is 5.56 Å². The van der Waals surface area contributed by atoms with Crippen LogP contribution in [0.25, 0.3) is 11.3 Å². The van der Waals surface area contributed by atoms with E-state index in [2.05, 4.69) is 20.4 Å². The largest absolute Gasteiger partial charge is 0.295 e. The third-order valence-electron chi connectivity index (χ3n) is 2.96. The van der Waals surface area contributed by atoms with Crippen molar-refractivity contribution in [2.75, 3.05) is 0 Å². The first-order valence-electron chi connectivity index (χ1n) is 6.37. The Morgan fingerprint density at radius 2 is 1.77 bits per heavy atom. The summed E-state index contributed by atoms with van der Waals surface area (Å²) in [6, 6.07) is 12.5. The Balaban J connectivity index is 1.99. The van der Waals surface area contributed by atoms with Crippen LogP contribution >= 0.6 is 11.6 Å². The molecule has 0 atom stereocenters. The van der Waals surface area contributed by atoms with E-state index in [1.54, 1.807) is 36.4 Å². The zero-order chi connectivity index (χ0) is 15.5. The van der Waals surface area contributed by atoms with Crippen LogP contribution in [0.4, 0.5) is 15.8 Å². The molecule has 110 valence electrons. The van der Waals surface area contributed by atoms with E-state index in [4.69, 9.17) is 11.6 Å². The van der Waals surface area contributed by atoms with Crippen LogP contribution in [-0.2, 0) is 0 Å². The summed E-state index contributed by atoms with van der Waals surface area (Å²) in [4.78, 5) is 11.8. The van der Waals surface area contributed by atoms with Crippen molar-refractivity contribution in [2.45, 2.75) is 0 Å². The smallest absolute Gasteiger partial charge is 0.292 e. The molecular weight excluding hydrogens is 307 g/mol. The maximum atomic E-state index is 13.0. The lowest BCUT2D eigenvalue weighted by Crippen LogP contribution is -1.96. The van der Waals surface area contributed by atoms with Crippen molar-refractivity contribution >= 4 is 23.0 Å². The van der Waals surface area contributed by atoms with Crippen LogP contribution in [0.1, 0.15) is 0 Å². The van der Waals surface area contributed by atoms with Gasteiger partial charge in [0.15, 0.2) is 5.69 Å². The van der Waals surface area contributed by atoms with Gasteiger partial charge in [-0.25, -0.2) is 4.39 Å². The Bertz CT molecular complexity index is 883. The first kappa shape index (κ1) is 14.2. The molecule has 0 saturated heterocycles. The van der Waals surface area contributed by atoms with E-state index in [9.17, 15) is 9.18 Å². The highest BCUT2D eigenvalue weighted by Crippen LogP contribution is 2.27. The maximum Gasteiger partial charge on any atom is 0.292 e. The average Bonchev–Trinajstić information content (AvgIpc) is 2.87. The molecule has 2 N–H and O–H groups in total. The van der Waals surface area contributed by atoms with Gasteiger partial charge in [-0.3, -0.25) is 15.0 Å². The summed E-state index contributed by atoms with van der Waals surface area (Å²) in [6.07, 6.45) is 0. The molecule has 0 unspecified atom stereocenters. The van der Waals surface area contributed by atoms with Crippen molar-refractivity contribution in [3.63, 3.8) is 0 Å². The second-order valence-electron chi connectivity index (χ2n) is 4.49. The Labute approximate surface area is 129 Å². The van der Waals surface area contributed by atoms with Crippen LogP contribution in [0.2, 0.25) is 5.02 Å². The molecule has 3 rings (SSSR count). The molecule has 0 radical (unpaired) electrons. The molecule has 0 saturated carbocycles. The number of rotatable bonds is 3. The fraction of sp³-hybridized carbons (Fsp3) is 0. The quantitative estimate of drug-likeness (QED) is 0.682. The Morgan fingerprint density at radius 1 is 1.00 bits per heavy atom. The molecule has 22 heavy (non-hydrogen) atoms. The van der Waals surface area contributed by atoms with Crippen molar-refractivity contribution in [2.24, 2.45) is 10.2 Å². The minimum atomic E-state index is -0.412. The summed E-state index contributed by atoms with van der Waals surface area (Å²) < 4.78 is 13.0. The minimum absolute atomic E-state index is 0.117. The van der Waals surface area contributed by atoms with E-state index in [1.807, 2.05) is 0 Å². The van der Waals surface area contributed by atoms with Gasteiger partial charge in [-0.15, -0.1) is 5.11 Å². The number of hydrogen-bond acceptors (Lipinski definition) is 3. The molecule has 0 bridgehead atoms. The molecular formula is C15H10ClFN4O. The number of nitrogens with zero attached hydrogens (tertiary/aromatic N) is 2. The van der Waals surface area contributed by atoms with E-state index in [0.717, 1.165) is 0 Å². The fourth-order valence-corrected chi connectivity index (χ4v) is 2.10. The van der Waals surface area contributed by atoms with Gasteiger partial charge in [-0.1, -0.05) is 17.7 Å². The SMILES string of the molecule is O=c1[nH][nH]c(-c2ccc(F)cc2)c1N=Nc1cccc(Cl)c1. The second-order valence-corrected chi connectivity index (χ2v) is 4.93. The minimum Gasteiger partial charge on any atom is -0.295 e. The third kappa shape index (κ3) is 2.96. The molecule has 2 aromatic carbocycles. The van der Waals surface area contributed by atoms with Gasteiger partial charge < -0.3 is 0 Å². The van der Waals surface area contributed by atoms with E-state index in [1.165, 1.54) is 12.1 Å². The molecule has 0 spiro atoms. The van der Waals surface area contributed by atoms with Gasteiger partial charge >= 0.3 is 0 Å². The molecule has 0 aliphatic heterocycles. The summed E-state index contributed by atoms with van der Waals surface area (Å²) in [5, 5.41) is 13.7. The molecule has 0 aliphatic carbocycles. The summed E-state index contributed by atoms with van der Waals surface area (Å²) in [6.45, 7) is 0. The summed E-state index contributed by atoms with van der Waals surface area (Å²) in [5.74, 6) is -0.358. The van der Waals surface area contributed by atoms with Crippen LogP contribution in [0.3, 0.4) is 0 Å². The molecule has 1 heterocycles. The van der Waals surface area contributed by atoms with Gasteiger partial charge in [0.2, 0.25) is 0 Å². The average molecular weight is 317 g/mol. The summed E-state index contributed by atoms with van der Waals surface area (Å²) in [5.41, 5.74) is 1.30. The number of hydrogen-bond donors (Lipinski definition) is 2. The predicted octanol–water partition coefficient (Wildman–Crippen LogP) is 4.58. The van der Waals surface area contributed by atoms with E-state index < -0.39 is 5.56 Å². The number of benzene rings is 2. The van der Waals surface area contributed by atoms with Crippen molar-refractivity contribution in [1.82, 2.24) is 10.2 Å². The number of aromatic amines is 2. The van der Waals surface area contributed by atoms with Crippen molar-refractivity contribution in [3.05, 3.63) is 69.7 Å². The monoisotopic (exact) mass is 316 g/mol. The molecule has 0 aliphatic rings.